The molecule has 0 spiro atoms. The highest BCUT2D eigenvalue weighted by Gasteiger charge is 2.23. The van der Waals surface area contributed by atoms with Crippen molar-refractivity contribution in [3.8, 4) is 5.75 Å². The number of benzene rings is 3. The van der Waals surface area contributed by atoms with Crippen molar-refractivity contribution >= 4 is 33.6 Å². The van der Waals surface area contributed by atoms with E-state index in [1.807, 2.05) is 87.0 Å². The Morgan fingerprint density at radius 1 is 0.964 bits per heavy atom. The summed E-state index contributed by atoms with van der Waals surface area (Å²) in [5.74, 6) is 1.22. The number of carbonyl (C=O) groups is 1. The second kappa shape index (κ2) is 7.33. The molecule has 4 nitrogen and oxygen atoms in total. The number of rotatable bonds is 5. The lowest BCUT2D eigenvalue weighted by Gasteiger charge is -2.06. The Labute approximate surface area is 163 Å². The van der Waals surface area contributed by atoms with E-state index in [0.29, 0.717) is 22.5 Å². The lowest BCUT2D eigenvalue weighted by Crippen LogP contribution is -3.00. The van der Waals surface area contributed by atoms with Gasteiger partial charge in [0.15, 0.2) is 5.78 Å². The van der Waals surface area contributed by atoms with Gasteiger partial charge in [0.25, 0.3) is 0 Å². The molecule has 0 aliphatic carbocycles. The van der Waals surface area contributed by atoms with E-state index < -0.39 is 0 Å². The SMILES string of the molecule is COc1cc2c(C(=O)c3ccccc3)c(/C=C/[NH+](C)C)oc2c2ccccc12. The third-order valence-corrected chi connectivity index (χ3v) is 4.74. The van der Waals surface area contributed by atoms with Crippen LogP contribution in [0.15, 0.2) is 71.3 Å². The van der Waals surface area contributed by atoms with E-state index in [4.69, 9.17) is 9.15 Å². The van der Waals surface area contributed by atoms with Crippen LogP contribution in [0.1, 0.15) is 21.7 Å². The Bertz CT molecular complexity index is 1190. The van der Waals surface area contributed by atoms with Crippen LogP contribution in [0.5, 0.6) is 5.75 Å². The topological polar surface area (TPSA) is 43.9 Å². The smallest absolute Gasteiger partial charge is 0.197 e. The molecule has 0 fully saturated rings. The summed E-state index contributed by atoms with van der Waals surface area (Å²) in [6, 6.07) is 19.1. The van der Waals surface area contributed by atoms with Gasteiger partial charge >= 0.3 is 0 Å². The fourth-order valence-electron chi connectivity index (χ4n) is 3.40. The van der Waals surface area contributed by atoms with Crippen LogP contribution in [0.3, 0.4) is 0 Å². The van der Waals surface area contributed by atoms with Gasteiger partial charge in [-0.05, 0) is 6.07 Å². The Hall–Kier alpha value is -3.37. The number of ether oxygens (including phenoxy) is 1. The average molecular weight is 372 g/mol. The van der Waals surface area contributed by atoms with E-state index in [-0.39, 0.29) is 5.78 Å². The van der Waals surface area contributed by atoms with Crippen molar-refractivity contribution in [1.29, 1.82) is 0 Å². The molecule has 0 saturated carbocycles. The summed E-state index contributed by atoms with van der Waals surface area (Å²) in [6.07, 6.45) is 3.83. The highest BCUT2D eigenvalue weighted by Crippen LogP contribution is 2.38. The molecule has 0 unspecified atom stereocenters. The van der Waals surface area contributed by atoms with Crippen LogP contribution in [-0.2, 0) is 0 Å². The first-order valence-corrected chi connectivity index (χ1v) is 9.20. The molecule has 1 N–H and O–H groups in total. The first-order valence-electron chi connectivity index (χ1n) is 9.20. The number of ketones is 1. The predicted octanol–water partition coefficient (Wildman–Crippen LogP) is 3.94. The maximum absolute atomic E-state index is 13.4. The average Bonchev–Trinajstić information content (AvgIpc) is 3.10. The highest BCUT2D eigenvalue weighted by atomic mass is 16.5. The summed E-state index contributed by atoms with van der Waals surface area (Å²) in [4.78, 5) is 14.5. The van der Waals surface area contributed by atoms with Crippen LogP contribution in [0.25, 0.3) is 27.8 Å². The molecule has 0 aliphatic rings. The number of hydrogen-bond donors (Lipinski definition) is 1. The molecule has 1 heterocycles. The molecular weight excluding hydrogens is 350 g/mol. The highest BCUT2D eigenvalue weighted by molar-refractivity contribution is 6.21. The van der Waals surface area contributed by atoms with Crippen LogP contribution in [-0.4, -0.2) is 27.0 Å². The monoisotopic (exact) mass is 372 g/mol. The number of methoxy groups -OCH3 is 1. The first-order chi connectivity index (χ1) is 13.6. The zero-order valence-corrected chi connectivity index (χ0v) is 16.2. The van der Waals surface area contributed by atoms with E-state index in [1.54, 1.807) is 7.11 Å². The zero-order chi connectivity index (χ0) is 19.7. The second-order valence-corrected chi connectivity index (χ2v) is 6.95. The van der Waals surface area contributed by atoms with Crippen LogP contribution < -0.4 is 9.64 Å². The van der Waals surface area contributed by atoms with Gasteiger partial charge in [-0.1, -0.05) is 54.6 Å². The maximum Gasteiger partial charge on any atom is 0.197 e. The van der Waals surface area contributed by atoms with E-state index in [1.165, 1.54) is 0 Å². The van der Waals surface area contributed by atoms with E-state index >= 15 is 0 Å². The summed E-state index contributed by atoms with van der Waals surface area (Å²) in [5, 5.41) is 2.65. The van der Waals surface area contributed by atoms with Crippen molar-refractivity contribution in [3.63, 3.8) is 0 Å². The van der Waals surface area contributed by atoms with Crippen molar-refractivity contribution < 1.29 is 18.8 Å². The molecule has 0 atom stereocenters. The quantitative estimate of drug-likeness (QED) is 0.540. The minimum absolute atomic E-state index is 0.0647. The molecule has 140 valence electrons. The van der Waals surface area contributed by atoms with Crippen molar-refractivity contribution in [2.45, 2.75) is 0 Å². The van der Waals surface area contributed by atoms with Crippen LogP contribution >= 0.6 is 0 Å². The van der Waals surface area contributed by atoms with Gasteiger partial charge in [-0.25, -0.2) is 0 Å². The Morgan fingerprint density at radius 3 is 2.32 bits per heavy atom. The number of nitrogens with one attached hydrogen (secondary N) is 1. The normalized spacial score (nSPS) is 11.7. The van der Waals surface area contributed by atoms with Gasteiger partial charge in [-0.3, -0.25) is 4.79 Å². The Balaban J connectivity index is 2.06. The molecule has 0 radical (unpaired) electrons. The predicted molar refractivity (Wildman–Crippen MR) is 112 cm³/mol. The third-order valence-electron chi connectivity index (χ3n) is 4.74. The molecule has 4 rings (SSSR count). The standard InChI is InChI=1S/C24H21NO3/c1-25(2)14-13-20-22(23(26)16-9-5-4-6-10-16)19-15-21(27-3)17-11-7-8-12-18(17)24(19)28-20/h4-15H,1-3H3/p+1/b14-13+. The number of hydrogen-bond acceptors (Lipinski definition) is 3. The molecule has 0 bridgehead atoms. The van der Waals surface area contributed by atoms with Crippen molar-refractivity contribution in [2.75, 3.05) is 21.2 Å². The van der Waals surface area contributed by atoms with E-state index in [9.17, 15) is 4.79 Å². The Morgan fingerprint density at radius 2 is 1.64 bits per heavy atom. The van der Waals surface area contributed by atoms with Gasteiger partial charge in [-0.2, -0.15) is 0 Å². The number of furan rings is 1. The van der Waals surface area contributed by atoms with Crippen LogP contribution in [0, 0.1) is 0 Å². The lowest BCUT2D eigenvalue weighted by molar-refractivity contribution is -0.800. The van der Waals surface area contributed by atoms with Gasteiger partial charge in [0, 0.05) is 27.8 Å². The number of fused-ring (bicyclic) bond motifs is 3. The second-order valence-electron chi connectivity index (χ2n) is 6.95. The van der Waals surface area contributed by atoms with Gasteiger partial charge < -0.3 is 14.1 Å². The molecule has 0 saturated heterocycles. The summed E-state index contributed by atoms with van der Waals surface area (Å²) in [6.45, 7) is 0. The molecule has 3 aromatic carbocycles. The summed E-state index contributed by atoms with van der Waals surface area (Å²) >= 11 is 0. The van der Waals surface area contributed by atoms with Gasteiger partial charge in [0.1, 0.15) is 17.1 Å². The van der Waals surface area contributed by atoms with Gasteiger partial charge in [0.05, 0.1) is 33.0 Å². The maximum atomic E-state index is 13.4. The van der Waals surface area contributed by atoms with Crippen molar-refractivity contribution in [1.82, 2.24) is 0 Å². The minimum Gasteiger partial charge on any atom is -0.496 e. The lowest BCUT2D eigenvalue weighted by atomic mass is 9.98. The largest absolute Gasteiger partial charge is 0.496 e. The molecule has 0 aliphatic heterocycles. The molecular formula is C24H22NO3+. The van der Waals surface area contributed by atoms with Crippen molar-refractivity contribution in [3.05, 3.63) is 83.8 Å². The third kappa shape index (κ3) is 3.08. The first kappa shape index (κ1) is 18.0. The Kier molecular flexibility index (Phi) is 4.72. The molecule has 1 aromatic heterocycles. The zero-order valence-electron chi connectivity index (χ0n) is 16.2. The molecule has 4 aromatic rings. The van der Waals surface area contributed by atoms with Crippen LogP contribution in [0.2, 0.25) is 0 Å². The van der Waals surface area contributed by atoms with Crippen LogP contribution in [0.4, 0.5) is 0 Å². The summed E-state index contributed by atoms with van der Waals surface area (Å²) in [7, 11) is 5.66. The summed E-state index contributed by atoms with van der Waals surface area (Å²) < 4.78 is 11.8. The number of carbonyl (C=O) groups excluding carboxylic acids is 1. The molecule has 4 heteroatoms. The van der Waals surface area contributed by atoms with Gasteiger partial charge in [-0.15, -0.1) is 0 Å². The van der Waals surface area contributed by atoms with Gasteiger partial charge in [0.2, 0.25) is 0 Å². The molecule has 28 heavy (non-hydrogen) atoms. The number of quaternary nitrogens is 1. The minimum atomic E-state index is -0.0647. The van der Waals surface area contributed by atoms with E-state index in [2.05, 4.69) is 0 Å². The van der Waals surface area contributed by atoms with E-state index in [0.717, 1.165) is 26.8 Å². The summed E-state index contributed by atoms with van der Waals surface area (Å²) in [5.41, 5.74) is 1.89. The fourth-order valence-corrected chi connectivity index (χ4v) is 3.40. The fraction of sp³-hybridized carbons (Fsp3) is 0.125. The van der Waals surface area contributed by atoms with Crippen molar-refractivity contribution in [2.24, 2.45) is 0 Å². The molecule has 0 amide bonds.